The number of carbonyl (C=O) groups is 1. The van der Waals surface area contributed by atoms with Crippen LogP contribution in [0.1, 0.15) is 30.4 Å². The number of hydrogen-bond acceptors (Lipinski definition) is 3. The molecule has 4 aromatic carbocycles. The first-order chi connectivity index (χ1) is 18.7. The first kappa shape index (κ1) is 26.1. The predicted octanol–water partition coefficient (Wildman–Crippen LogP) is 5.93. The molecular weight excluding hydrogens is 466 g/mol. The zero-order valence-corrected chi connectivity index (χ0v) is 22.3. The third-order valence-electron chi connectivity index (χ3n) is 7.86. The molecule has 196 valence electrons. The van der Waals surface area contributed by atoms with Crippen LogP contribution in [0.4, 0.5) is 0 Å². The number of unbranched alkanes of at least 4 members (excludes halogenated alkanes) is 1. The second-order valence-electron chi connectivity index (χ2n) is 10.4. The molecule has 0 saturated carbocycles. The van der Waals surface area contributed by atoms with Crippen molar-refractivity contribution in [2.75, 3.05) is 32.7 Å². The summed E-state index contributed by atoms with van der Waals surface area (Å²) in [6.45, 7) is 4.09. The Morgan fingerprint density at radius 2 is 1.37 bits per heavy atom. The van der Waals surface area contributed by atoms with Gasteiger partial charge in [0.05, 0.1) is 6.04 Å². The molecule has 1 aliphatic heterocycles. The van der Waals surface area contributed by atoms with E-state index in [1.54, 1.807) is 0 Å². The third kappa shape index (κ3) is 6.50. The molecular formula is C34H39N3O. The van der Waals surface area contributed by atoms with Gasteiger partial charge in [0, 0.05) is 26.2 Å². The summed E-state index contributed by atoms with van der Waals surface area (Å²) in [7, 11) is 0. The van der Waals surface area contributed by atoms with Crippen molar-refractivity contribution in [2.45, 2.75) is 38.1 Å². The van der Waals surface area contributed by atoms with Gasteiger partial charge in [-0.3, -0.25) is 9.69 Å². The molecule has 5 rings (SSSR count). The standard InChI is InChI=1S/C34H39N3O/c35-21-7-6-12-33-34(38)37(23-20-28-15-18-30-10-4-5-11-32(30)26-28)25-24-36(33)22-19-27-13-16-31(17-14-27)29-8-2-1-3-9-29/h1-5,8-11,13-18,26,33H,6-7,12,19-25,35H2/t33-/m0/s1. The Morgan fingerprint density at radius 3 is 2.16 bits per heavy atom. The minimum absolute atomic E-state index is 0.0458. The lowest BCUT2D eigenvalue weighted by Crippen LogP contribution is -2.57. The summed E-state index contributed by atoms with van der Waals surface area (Å²) in [6.07, 6.45) is 4.69. The van der Waals surface area contributed by atoms with Crippen LogP contribution in [0.25, 0.3) is 21.9 Å². The molecule has 4 nitrogen and oxygen atoms in total. The summed E-state index contributed by atoms with van der Waals surface area (Å²) < 4.78 is 0. The van der Waals surface area contributed by atoms with E-state index in [1.165, 1.54) is 33.0 Å². The number of hydrogen-bond donors (Lipinski definition) is 1. The van der Waals surface area contributed by atoms with Crippen LogP contribution >= 0.6 is 0 Å². The molecule has 0 aliphatic carbocycles. The number of nitrogens with zero attached hydrogens (tertiary/aromatic N) is 2. The zero-order chi connectivity index (χ0) is 26.2. The molecule has 1 saturated heterocycles. The fourth-order valence-electron chi connectivity index (χ4n) is 5.59. The van der Waals surface area contributed by atoms with Gasteiger partial charge in [-0.05, 0) is 65.3 Å². The van der Waals surface area contributed by atoms with Crippen LogP contribution in [0, 0.1) is 0 Å². The van der Waals surface area contributed by atoms with E-state index in [4.69, 9.17) is 5.73 Å². The van der Waals surface area contributed by atoms with E-state index in [0.29, 0.717) is 6.54 Å². The highest BCUT2D eigenvalue weighted by atomic mass is 16.2. The molecule has 0 bridgehead atoms. The summed E-state index contributed by atoms with van der Waals surface area (Å²) >= 11 is 0. The lowest BCUT2D eigenvalue weighted by Gasteiger charge is -2.41. The number of rotatable bonds is 11. The van der Waals surface area contributed by atoms with Gasteiger partial charge in [0.2, 0.25) is 5.91 Å². The lowest BCUT2D eigenvalue weighted by molar-refractivity contribution is -0.142. The Kier molecular flexibility index (Phi) is 8.85. The quantitative estimate of drug-likeness (QED) is 0.257. The Hall–Kier alpha value is -3.47. The minimum Gasteiger partial charge on any atom is -0.340 e. The Labute approximate surface area is 227 Å². The third-order valence-corrected chi connectivity index (χ3v) is 7.86. The molecule has 0 unspecified atom stereocenters. The van der Waals surface area contributed by atoms with Crippen molar-refractivity contribution in [2.24, 2.45) is 5.73 Å². The number of carbonyl (C=O) groups excluding carboxylic acids is 1. The summed E-state index contributed by atoms with van der Waals surface area (Å²) in [6, 6.07) is 34.4. The highest BCUT2D eigenvalue weighted by Gasteiger charge is 2.33. The second kappa shape index (κ2) is 12.9. The van der Waals surface area contributed by atoms with Crippen LogP contribution in [0.5, 0.6) is 0 Å². The van der Waals surface area contributed by atoms with E-state index < -0.39 is 0 Å². The van der Waals surface area contributed by atoms with Crippen LogP contribution in [-0.2, 0) is 17.6 Å². The normalized spacial score (nSPS) is 16.3. The summed E-state index contributed by atoms with van der Waals surface area (Å²) in [5.74, 6) is 0.286. The Balaban J connectivity index is 1.20. The molecule has 4 heteroatoms. The first-order valence-corrected chi connectivity index (χ1v) is 14.1. The zero-order valence-electron chi connectivity index (χ0n) is 22.3. The second-order valence-corrected chi connectivity index (χ2v) is 10.4. The fourth-order valence-corrected chi connectivity index (χ4v) is 5.59. The number of nitrogens with two attached hydrogens (primary N) is 1. The van der Waals surface area contributed by atoms with Gasteiger partial charge in [-0.2, -0.15) is 0 Å². The molecule has 1 atom stereocenters. The van der Waals surface area contributed by atoms with Crippen molar-refractivity contribution in [1.29, 1.82) is 0 Å². The van der Waals surface area contributed by atoms with Gasteiger partial charge in [0.25, 0.3) is 0 Å². The largest absolute Gasteiger partial charge is 0.340 e. The molecule has 2 N–H and O–H groups in total. The van der Waals surface area contributed by atoms with Crippen LogP contribution in [0.2, 0.25) is 0 Å². The molecule has 0 radical (unpaired) electrons. The highest BCUT2D eigenvalue weighted by Crippen LogP contribution is 2.22. The lowest BCUT2D eigenvalue weighted by atomic mass is 10.0. The van der Waals surface area contributed by atoms with Crippen molar-refractivity contribution in [3.63, 3.8) is 0 Å². The maximum Gasteiger partial charge on any atom is 0.239 e. The van der Waals surface area contributed by atoms with Crippen molar-refractivity contribution < 1.29 is 4.79 Å². The van der Waals surface area contributed by atoms with Gasteiger partial charge >= 0.3 is 0 Å². The summed E-state index contributed by atoms with van der Waals surface area (Å²) in [5, 5.41) is 2.52. The number of fused-ring (bicyclic) bond motifs is 1. The SMILES string of the molecule is NCCCC[C@H]1C(=O)N(CCc2ccc3ccccc3c2)CCN1CCc1ccc(-c2ccccc2)cc1. The molecule has 0 spiro atoms. The predicted molar refractivity (Wildman–Crippen MR) is 158 cm³/mol. The molecule has 4 aromatic rings. The van der Waals surface area contributed by atoms with Crippen molar-refractivity contribution >= 4 is 16.7 Å². The Morgan fingerprint density at radius 1 is 0.684 bits per heavy atom. The topological polar surface area (TPSA) is 49.6 Å². The van der Waals surface area contributed by atoms with Crippen LogP contribution < -0.4 is 5.73 Å². The molecule has 1 fully saturated rings. The number of benzene rings is 4. The van der Waals surface area contributed by atoms with Gasteiger partial charge in [0.1, 0.15) is 0 Å². The van der Waals surface area contributed by atoms with Crippen molar-refractivity contribution in [1.82, 2.24) is 9.80 Å². The maximum atomic E-state index is 13.6. The summed E-state index contributed by atoms with van der Waals surface area (Å²) in [4.78, 5) is 18.1. The van der Waals surface area contributed by atoms with Gasteiger partial charge in [-0.1, -0.05) is 103 Å². The molecule has 1 heterocycles. The van der Waals surface area contributed by atoms with Gasteiger partial charge in [-0.15, -0.1) is 0 Å². The van der Waals surface area contributed by atoms with E-state index >= 15 is 0 Å². The van der Waals surface area contributed by atoms with E-state index in [-0.39, 0.29) is 11.9 Å². The van der Waals surface area contributed by atoms with Crippen molar-refractivity contribution in [3.8, 4) is 11.1 Å². The van der Waals surface area contributed by atoms with Gasteiger partial charge in [0.15, 0.2) is 0 Å². The number of piperazine rings is 1. The molecule has 38 heavy (non-hydrogen) atoms. The van der Waals surface area contributed by atoms with Gasteiger partial charge in [-0.25, -0.2) is 0 Å². The van der Waals surface area contributed by atoms with Crippen LogP contribution in [0.3, 0.4) is 0 Å². The fraction of sp³-hybridized carbons (Fsp3) is 0.324. The molecule has 1 aliphatic rings. The number of amides is 1. The van der Waals surface area contributed by atoms with Crippen molar-refractivity contribution in [3.05, 3.63) is 108 Å². The Bertz CT molecular complexity index is 1320. The monoisotopic (exact) mass is 505 g/mol. The van der Waals surface area contributed by atoms with E-state index in [9.17, 15) is 4.79 Å². The summed E-state index contributed by atoms with van der Waals surface area (Å²) in [5.41, 5.74) is 10.9. The molecule has 1 amide bonds. The van der Waals surface area contributed by atoms with Gasteiger partial charge < -0.3 is 10.6 Å². The van der Waals surface area contributed by atoms with E-state index in [0.717, 1.165) is 58.3 Å². The minimum atomic E-state index is -0.0458. The van der Waals surface area contributed by atoms with E-state index in [2.05, 4.69) is 101 Å². The average molecular weight is 506 g/mol. The van der Waals surface area contributed by atoms with E-state index in [1.807, 2.05) is 6.07 Å². The average Bonchev–Trinajstić information content (AvgIpc) is 2.97. The highest BCUT2D eigenvalue weighted by molar-refractivity contribution is 5.83. The first-order valence-electron chi connectivity index (χ1n) is 14.1. The molecule has 0 aromatic heterocycles. The maximum absolute atomic E-state index is 13.6. The van der Waals surface area contributed by atoms with Crippen LogP contribution in [-0.4, -0.2) is 54.5 Å². The smallest absolute Gasteiger partial charge is 0.239 e. The van der Waals surface area contributed by atoms with Crippen LogP contribution in [0.15, 0.2) is 97.1 Å².